The minimum absolute atomic E-state index is 0.328. The average molecular weight is 316 g/mol. The molecular formula is C20H32N2O. The molecular weight excluding hydrogens is 284 g/mol. The van der Waals surface area contributed by atoms with Crippen LogP contribution in [0.15, 0.2) is 30.3 Å². The molecule has 1 N–H and O–H groups in total. The van der Waals surface area contributed by atoms with Crippen molar-refractivity contribution in [1.29, 1.82) is 0 Å². The van der Waals surface area contributed by atoms with Crippen molar-refractivity contribution in [2.24, 2.45) is 0 Å². The summed E-state index contributed by atoms with van der Waals surface area (Å²) < 4.78 is 5.62. The van der Waals surface area contributed by atoms with E-state index in [1.165, 1.54) is 37.7 Å². The zero-order valence-electron chi connectivity index (χ0n) is 14.6. The molecule has 1 aliphatic carbocycles. The fraction of sp³-hybridized carbons (Fsp3) is 0.700. The zero-order valence-corrected chi connectivity index (χ0v) is 14.6. The third kappa shape index (κ3) is 3.96. The number of rotatable bonds is 7. The normalized spacial score (nSPS) is 23.0. The van der Waals surface area contributed by atoms with Crippen molar-refractivity contribution < 1.29 is 4.74 Å². The van der Waals surface area contributed by atoms with Gasteiger partial charge in [-0.05, 0) is 37.8 Å². The molecule has 3 heteroatoms. The molecule has 1 unspecified atom stereocenters. The molecule has 3 rings (SSSR count). The first-order valence-electron chi connectivity index (χ1n) is 9.45. The van der Waals surface area contributed by atoms with Gasteiger partial charge < -0.3 is 10.1 Å². The molecule has 1 saturated carbocycles. The molecule has 2 aliphatic rings. The lowest BCUT2D eigenvalue weighted by molar-refractivity contribution is -0.0356. The van der Waals surface area contributed by atoms with Crippen molar-refractivity contribution in [1.82, 2.24) is 10.2 Å². The van der Waals surface area contributed by atoms with Gasteiger partial charge in [0.1, 0.15) is 0 Å². The Morgan fingerprint density at radius 2 is 1.83 bits per heavy atom. The SMILES string of the molecule is CCCNC(Cc1ccccc1)C1(N2CCOCC2)CCCC1. The molecule has 1 atom stereocenters. The van der Waals surface area contributed by atoms with Crippen molar-refractivity contribution in [3.05, 3.63) is 35.9 Å². The van der Waals surface area contributed by atoms with E-state index in [4.69, 9.17) is 4.74 Å². The summed E-state index contributed by atoms with van der Waals surface area (Å²) in [6.07, 6.45) is 7.75. The van der Waals surface area contributed by atoms with Gasteiger partial charge in [-0.2, -0.15) is 0 Å². The molecule has 1 aromatic rings. The molecule has 1 heterocycles. The molecule has 23 heavy (non-hydrogen) atoms. The Kier molecular flexibility index (Phi) is 6.09. The molecule has 1 aromatic carbocycles. The molecule has 0 aromatic heterocycles. The maximum absolute atomic E-state index is 5.62. The van der Waals surface area contributed by atoms with Gasteiger partial charge in [0.05, 0.1) is 13.2 Å². The van der Waals surface area contributed by atoms with Crippen molar-refractivity contribution in [2.75, 3.05) is 32.8 Å². The van der Waals surface area contributed by atoms with Gasteiger partial charge in [0.2, 0.25) is 0 Å². The maximum Gasteiger partial charge on any atom is 0.0594 e. The summed E-state index contributed by atoms with van der Waals surface area (Å²) in [5, 5.41) is 3.92. The Balaban J connectivity index is 1.81. The summed E-state index contributed by atoms with van der Waals surface area (Å²) in [4.78, 5) is 2.75. The molecule has 0 bridgehead atoms. The van der Waals surface area contributed by atoms with Gasteiger partial charge in [0, 0.05) is 24.7 Å². The van der Waals surface area contributed by atoms with Crippen LogP contribution in [0.2, 0.25) is 0 Å². The second kappa shape index (κ2) is 8.27. The highest BCUT2D eigenvalue weighted by molar-refractivity contribution is 5.18. The largest absolute Gasteiger partial charge is 0.379 e. The molecule has 0 spiro atoms. The molecule has 1 saturated heterocycles. The second-order valence-electron chi connectivity index (χ2n) is 7.11. The van der Waals surface area contributed by atoms with Gasteiger partial charge in [0.25, 0.3) is 0 Å². The number of hydrogen-bond acceptors (Lipinski definition) is 3. The van der Waals surface area contributed by atoms with E-state index < -0.39 is 0 Å². The Morgan fingerprint density at radius 3 is 2.48 bits per heavy atom. The van der Waals surface area contributed by atoms with Crippen LogP contribution in [-0.4, -0.2) is 49.3 Å². The standard InChI is InChI=1S/C20H32N2O/c1-2-12-21-19(17-18-8-4-3-5-9-18)20(10-6-7-11-20)22-13-15-23-16-14-22/h3-5,8-9,19,21H,2,6-7,10-17H2,1H3. The van der Waals surface area contributed by atoms with Crippen LogP contribution in [0.4, 0.5) is 0 Å². The van der Waals surface area contributed by atoms with Crippen LogP contribution < -0.4 is 5.32 Å². The lowest BCUT2D eigenvalue weighted by Gasteiger charge is -2.49. The van der Waals surface area contributed by atoms with Crippen LogP contribution in [0.5, 0.6) is 0 Å². The first-order chi connectivity index (χ1) is 11.3. The van der Waals surface area contributed by atoms with Gasteiger partial charge in [-0.15, -0.1) is 0 Å². The van der Waals surface area contributed by atoms with Gasteiger partial charge in [-0.3, -0.25) is 4.90 Å². The van der Waals surface area contributed by atoms with E-state index in [1.807, 2.05) is 0 Å². The van der Waals surface area contributed by atoms with Gasteiger partial charge in [-0.1, -0.05) is 50.1 Å². The number of nitrogens with zero attached hydrogens (tertiary/aromatic N) is 1. The molecule has 1 aliphatic heterocycles. The summed E-state index contributed by atoms with van der Waals surface area (Å²) >= 11 is 0. The number of ether oxygens (including phenoxy) is 1. The van der Waals surface area contributed by atoms with Gasteiger partial charge in [-0.25, -0.2) is 0 Å². The van der Waals surface area contributed by atoms with Gasteiger partial charge in [0.15, 0.2) is 0 Å². The van der Waals surface area contributed by atoms with Gasteiger partial charge >= 0.3 is 0 Å². The Bertz CT molecular complexity index is 450. The van der Waals surface area contributed by atoms with Crippen molar-refractivity contribution in [3.8, 4) is 0 Å². The fourth-order valence-electron chi connectivity index (χ4n) is 4.50. The van der Waals surface area contributed by atoms with E-state index in [1.54, 1.807) is 0 Å². The Labute approximate surface area is 141 Å². The summed E-state index contributed by atoms with van der Waals surface area (Å²) in [5.74, 6) is 0. The molecule has 128 valence electrons. The monoisotopic (exact) mass is 316 g/mol. The minimum atomic E-state index is 0.328. The smallest absolute Gasteiger partial charge is 0.0594 e. The second-order valence-corrected chi connectivity index (χ2v) is 7.11. The molecule has 0 radical (unpaired) electrons. The molecule has 3 nitrogen and oxygen atoms in total. The average Bonchev–Trinajstić information content (AvgIpc) is 3.11. The van der Waals surface area contributed by atoms with Crippen LogP contribution in [-0.2, 0) is 11.2 Å². The lowest BCUT2D eigenvalue weighted by Crippen LogP contribution is -2.63. The number of nitrogens with one attached hydrogen (secondary N) is 1. The predicted octanol–water partition coefficient (Wildman–Crippen LogP) is 3.24. The lowest BCUT2D eigenvalue weighted by atomic mass is 9.82. The fourth-order valence-corrected chi connectivity index (χ4v) is 4.50. The van der Waals surface area contributed by atoms with Crippen molar-refractivity contribution in [3.63, 3.8) is 0 Å². The number of morpholine rings is 1. The quantitative estimate of drug-likeness (QED) is 0.836. The van der Waals surface area contributed by atoms with Crippen molar-refractivity contribution in [2.45, 2.75) is 57.0 Å². The predicted molar refractivity (Wildman–Crippen MR) is 95.8 cm³/mol. The minimum Gasteiger partial charge on any atom is -0.379 e. The van der Waals surface area contributed by atoms with Crippen LogP contribution in [0.25, 0.3) is 0 Å². The molecule has 2 fully saturated rings. The highest BCUT2D eigenvalue weighted by atomic mass is 16.5. The number of benzene rings is 1. The first-order valence-corrected chi connectivity index (χ1v) is 9.45. The Morgan fingerprint density at radius 1 is 1.13 bits per heavy atom. The molecule has 0 amide bonds. The van der Waals surface area contributed by atoms with E-state index in [0.29, 0.717) is 11.6 Å². The third-order valence-electron chi connectivity index (χ3n) is 5.68. The van der Waals surface area contributed by atoms with E-state index in [9.17, 15) is 0 Å². The van der Waals surface area contributed by atoms with Crippen LogP contribution >= 0.6 is 0 Å². The zero-order chi connectivity index (χ0) is 16.0. The van der Waals surface area contributed by atoms with Crippen molar-refractivity contribution >= 4 is 0 Å². The third-order valence-corrected chi connectivity index (χ3v) is 5.68. The number of hydrogen-bond donors (Lipinski definition) is 1. The highest BCUT2D eigenvalue weighted by Gasteiger charge is 2.45. The summed E-state index contributed by atoms with van der Waals surface area (Å²) in [5.41, 5.74) is 1.79. The topological polar surface area (TPSA) is 24.5 Å². The van der Waals surface area contributed by atoms with Crippen LogP contribution in [0, 0.1) is 0 Å². The Hall–Kier alpha value is -0.900. The summed E-state index contributed by atoms with van der Waals surface area (Å²) in [6, 6.07) is 11.6. The summed E-state index contributed by atoms with van der Waals surface area (Å²) in [7, 11) is 0. The highest BCUT2D eigenvalue weighted by Crippen LogP contribution is 2.39. The van der Waals surface area contributed by atoms with Crippen LogP contribution in [0.1, 0.15) is 44.6 Å². The summed E-state index contributed by atoms with van der Waals surface area (Å²) in [6.45, 7) is 7.37. The first kappa shape index (κ1) is 16.9. The maximum atomic E-state index is 5.62. The van der Waals surface area contributed by atoms with E-state index in [2.05, 4.69) is 47.5 Å². The van der Waals surface area contributed by atoms with E-state index in [0.717, 1.165) is 39.3 Å². The van der Waals surface area contributed by atoms with Crippen LogP contribution in [0.3, 0.4) is 0 Å². The van der Waals surface area contributed by atoms with E-state index in [-0.39, 0.29) is 0 Å². The van der Waals surface area contributed by atoms with E-state index >= 15 is 0 Å².